The molecule has 0 aliphatic heterocycles. The number of hydrogen-bond acceptors (Lipinski definition) is 2. The second-order valence-electron chi connectivity index (χ2n) is 2.60. The van der Waals surface area contributed by atoms with Gasteiger partial charge < -0.3 is 9.90 Å². The number of halogens is 3. The van der Waals surface area contributed by atoms with Crippen molar-refractivity contribution in [2.24, 2.45) is 5.92 Å². The first-order valence-corrected chi connectivity index (χ1v) is 3.45. The number of carboxylic acids is 1. The quantitative estimate of drug-likeness (QED) is 0.692. The fraction of sp³-hybridized carbons (Fsp3) is 0.714. The van der Waals surface area contributed by atoms with Gasteiger partial charge in [-0.2, -0.15) is 13.2 Å². The van der Waals surface area contributed by atoms with Crippen LogP contribution in [0.25, 0.3) is 0 Å². The molecule has 0 aliphatic rings. The molecule has 0 aromatic rings. The minimum atomic E-state index is -5.08. The van der Waals surface area contributed by atoms with E-state index in [9.17, 15) is 18.0 Å². The first-order chi connectivity index (χ1) is 5.71. The summed E-state index contributed by atoms with van der Waals surface area (Å²) in [5.41, 5.74) is 0. The van der Waals surface area contributed by atoms with Crippen LogP contribution in [0.2, 0.25) is 0 Å². The molecule has 0 aromatic carbocycles. The predicted molar refractivity (Wildman–Crippen MR) is 39.2 cm³/mol. The van der Waals surface area contributed by atoms with Crippen LogP contribution in [-0.2, 0) is 9.59 Å². The number of aldehydes is 1. The lowest BCUT2D eigenvalue weighted by Crippen LogP contribution is -2.21. The predicted octanol–water partition coefficient (Wildman–Crippen LogP) is 1.86. The molecule has 3 nitrogen and oxygen atoms in total. The molecular weight excluding hydrogens is 189 g/mol. The monoisotopic (exact) mass is 200 g/mol. The molecule has 0 spiro atoms. The van der Waals surface area contributed by atoms with Crippen LogP contribution in [0, 0.1) is 5.92 Å². The van der Waals surface area contributed by atoms with Crippen molar-refractivity contribution in [3.05, 3.63) is 0 Å². The third-order valence-electron chi connectivity index (χ3n) is 0.810. The zero-order valence-electron chi connectivity index (χ0n) is 7.26. The zero-order chi connectivity index (χ0) is 11.1. The van der Waals surface area contributed by atoms with Gasteiger partial charge in [-0.3, -0.25) is 0 Å². The van der Waals surface area contributed by atoms with E-state index in [4.69, 9.17) is 9.90 Å². The summed E-state index contributed by atoms with van der Waals surface area (Å²) in [6, 6.07) is 0. The summed E-state index contributed by atoms with van der Waals surface area (Å²) in [4.78, 5) is 18.5. The number of rotatable bonds is 2. The van der Waals surface area contributed by atoms with E-state index in [1.165, 1.54) is 0 Å². The van der Waals surface area contributed by atoms with Gasteiger partial charge in [0, 0.05) is 6.42 Å². The highest BCUT2D eigenvalue weighted by Gasteiger charge is 2.38. The van der Waals surface area contributed by atoms with E-state index in [1.807, 2.05) is 13.8 Å². The summed E-state index contributed by atoms with van der Waals surface area (Å²) >= 11 is 0. The van der Waals surface area contributed by atoms with E-state index in [2.05, 4.69) is 0 Å². The van der Waals surface area contributed by atoms with Crippen LogP contribution in [0.3, 0.4) is 0 Å². The van der Waals surface area contributed by atoms with Gasteiger partial charge in [0.05, 0.1) is 0 Å². The van der Waals surface area contributed by atoms with Crippen molar-refractivity contribution in [1.29, 1.82) is 0 Å². The second kappa shape index (κ2) is 6.45. The molecule has 6 heteroatoms. The lowest BCUT2D eigenvalue weighted by atomic mass is 10.2. The van der Waals surface area contributed by atoms with Crippen LogP contribution >= 0.6 is 0 Å². The van der Waals surface area contributed by atoms with E-state index in [1.54, 1.807) is 0 Å². The number of carbonyl (C=O) groups excluding carboxylic acids is 1. The van der Waals surface area contributed by atoms with Crippen LogP contribution < -0.4 is 0 Å². The Labute approximate surface area is 73.5 Å². The molecule has 0 radical (unpaired) electrons. The third-order valence-corrected chi connectivity index (χ3v) is 0.810. The number of aliphatic carboxylic acids is 1. The summed E-state index contributed by atoms with van der Waals surface area (Å²) in [5.74, 6) is -2.23. The lowest BCUT2D eigenvalue weighted by Gasteiger charge is -1.93. The Kier molecular flexibility index (Phi) is 7.17. The smallest absolute Gasteiger partial charge is 0.475 e. The largest absolute Gasteiger partial charge is 0.490 e. The van der Waals surface area contributed by atoms with Crippen LogP contribution in [0.15, 0.2) is 0 Å². The molecular formula is C7H11F3O3. The van der Waals surface area contributed by atoms with Gasteiger partial charge in [0.25, 0.3) is 0 Å². The topological polar surface area (TPSA) is 54.4 Å². The molecule has 0 amide bonds. The molecule has 0 heterocycles. The number of carbonyl (C=O) groups is 2. The van der Waals surface area contributed by atoms with E-state index in [0.29, 0.717) is 12.3 Å². The minimum Gasteiger partial charge on any atom is -0.475 e. The third kappa shape index (κ3) is 13.9. The molecule has 0 bridgehead atoms. The molecule has 78 valence electrons. The fourth-order valence-electron chi connectivity index (χ4n) is 0.192. The Hall–Kier alpha value is -1.07. The van der Waals surface area contributed by atoms with Crippen molar-refractivity contribution < 1.29 is 27.9 Å². The highest BCUT2D eigenvalue weighted by molar-refractivity contribution is 5.73. The van der Waals surface area contributed by atoms with Crippen LogP contribution in [0.5, 0.6) is 0 Å². The van der Waals surface area contributed by atoms with Gasteiger partial charge in [0.2, 0.25) is 0 Å². The van der Waals surface area contributed by atoms with Crippen LogP contribution in [0.1, 0.15) is 20.3 Å². The molecule has 1 N–H and O–H groups in total. The maximum atomic E-state index is 10.6. The average molecular weight is 200 g/mol. The summed E-state index contributed by atoms with van der Waals surface area (Å²) in [6.07, 6.45) is -3.44. The highest BCUT2D eigenvalue weighted by atomic mass is 19.4. The molecule has 0 aromatic heterocycles. The Balaban J connectivity index is 0. The van der Waals surface area contributed by atoms with E-state index in [0.717, 1.165) is 6.29 Å². The van der Waals surface area contributed by atoms with Crippen molar-refractivity contribution in [1.82, 2.24) is 0 Å². The van der Waals surface area contributed by atoms with E-state index < -0.39 is 12.1 Å². The Morgan fingerprint density at radius 2 is 1.77 bits per heavy atom. The van der Waals surface area contributed by atoms with Gasteiger partial charge in [-0.15, -0.1) is 0 Å². The molecule has 0 saturated carbocycles. The Morgan fingerprint density at radius 3 is 1.77 bits per heavy atom. The minimum absolute atomic E-state index is 0.530. The summed E-state index contributed by atoms with van der Waals surface area (Å²) < 4.78 is 31.7. The molecule has 0 aliphatic carbocycles. The first kappa shape index (κ1) is 14.5. The van der Waals surface area contributed by atoms with Gasteiger partial charge in [0.1, 0.15) is 6.29 Å². The van der Waals surface area contributed by atoms with Gasteiger partial charge in [-0.05, 0) is 5.92 Å². The van der Waals surface area contributed by atoms with Crippen molar-refractivity contribution >= 4 is 12.3 Å². The first-order valence-electron chi connectivity index (χ1n) is 3.45. The van der Waals surface area contributed by atoms with Gasteiger partial charge in [-0.1, -0.05) is 13.8 Å². The molecule has 0 unspecified atom stereocenters. The molecule has 0 saturated heterocycles. The van der Waals surface area contributed by atoms with Crippen molar-refractivity contribution in [2.75, 3.05) is 0 Å². The lowest BCUT2D eigenvalue weighted by molar-refractivity contribution is -0.192. The van der Waals surface area contributed by atoms with Gasteiger partial charge in [0.15, 0.2) is 0 Å². The van der Waals surface area contributed by atoms with Crippen molar-refractivity contribution in [2.45, 2.75) is 26.4 Å². The molecule has 0 fully saturated rings. The SMILES string of the molecule is CC(C)CC=O.O=C(O)C(F)(F)F. The highest BCUT2D eigenvalue weighted by Crippen LogP contribution is 2.13. The Morgan fingerprint density at radius 1 is 1.46 bits per heavy atom. The van der Waals surface area contributed by atoms with Crippen LogP contribution in [0.4, 0.5) is 13.2 Å². The average Bonchev–Trinajstić information content (AvgIpc) is 1.85. The van der Waals surface area contributed by atoms with Crippen LogP contribution in [-0.4, -0.2) is 23.5 Å². The Bertz CT molecular complexity index is 163. The van der Waals surface area contributed by atoms with E-state index in [-0.39, 0.29) is 0 Å². The van der Waals surface area contributed by atoms with Crippen molar-refractivity contribution in [3.63, 3.8) is 0 Å². The van der Waals surface area contributed by atoms with Gasteiger partial charge in [-0.25, -0.2) is 4.79 Å². The van der Waals surface area contributed by atoms with E-state index >= 15 is 0 Å². The normalized spacial score (nSPS) is 10.3. The molecule has 0 rings (SSSR count). The van der Waals surface area contributed by atoms with Crippen molar-refractivity contribution in [3.8, 4) is 0 Å². The fourth-order valence-corrected chi connectivity index (χ4v) is 0.192. The maximum Gasteiger partial charge on any atom is 0.490 e. The zero-order valence-corrected chi connectivity index (χ0v) is 7.26. The summed E-state index contributed by atoms with van der Waals surface area (Å²) in [5, 5.41) is 7.12. The van der Waals surface area contributed by atoms with Gasteiger partial charge >= 0.3 is 12.1 Å². The number of carboxylic acid groups (broad SMARTS) is 1. The molecule has 13 heavy (non-hydrogen) atoms. The number of hydrogen-bond donors (Lipinski definition) is 1. The molecule has 0 atom stereocenters. The standard InChI is InChI=1S/C5H10O.C2HF3O2/c1-5(2)3-4-6;3-2(4,5)1(6)7/h4-5H,3H2,1-2H3;(H,6,7). The summed E-state index contributed by atoms with van der Waals surface area (Å²) in [7, 11) is 0. The maximum absolute atomic E-state index is 10.6. The summed E-state index contributed by atoms with van der Waals surface area (Å²) in [6.45, 7) is 4.04. The number of alkyl halides is 3. The second-order valence-corrected chi connectivity index (χ2v) is 2.60.